The van der Waals surface area contributed by atoms with Gasteiger partial charge in [0.25, 0.3) is 0 Å². The van der Waals surface area contributed by atoms with Gasteiger partial charge in [-0.3, -0.25) is 0 Å². The van der Waals surface area contributed by atoms with Gasteiger partial charge in [-0.25, -0.2) is 0 Å². The van der Waals surface area contributed by atoms with Gasteiger partial charge in [-0.05, 0) is 23.8 Å². The van der Waals surface area contributed by atoms with Crippen LogP contribution in [0.4, 0.5) is 0 Å². The highest BCUT2D eigenvalue weighted by molar-refractivity contribution is 7.98. The first-order valence-corrected chi connectivity index (χ1v) is 7.25. The van der Waals surface area contributed by atoms with Crippen molar-refractivity contribution in [1.29, 1.82) is 0 Å². The zero-order valence-corrected chi connectivity index (χ0v) is 11.8. The fourth-order valence-corrected chi connectivity index (χ4v) is 2.73. The van der Waals surface area contributed by atoms with Gasteiger partial charge in [-0.1, -0.05) is 30.3 Å². The second-order valence-corrected chi connectivity index (χ2v) is 5.19. The lowest BCUT2D eigenvalue weighted by Crippen LogP contribution is -1.89. The molecule has 0 N–H and O–H groups in total. The molecule has 0 unspecified atom stereocenters. The molecule has 0 heterocycles. The Morgan fingerprint density at radius 2 is 1.78 bits per heavy atom. The van der Waals surface area contributed by atoms with Crippen LogP contribution in [-0.2, 0) is 11.6 Å². The van der Waals surface area contributed by atoms with Gasteiger partial charge >= 0.3 is 0 Å². The largest absolute Gasteiger partial charge is 0.496 e. The second kappa shape index (κ2) is 6.72. The average molecular weight is 279 g/mol. The van der Waals surface area contributed by atoms with Crippen LogP contribution in [-0.4, -0.2) is 7.11 Å². The minimum atomic E-state index is 0.567. The van der Waals surface area contributed by atoms with Crippen molar-refractivity contribution in [1.82, 2.24) is 0 Å². The molecule has 0 fully saturated rings. The fraction of sp³-hybridized carbons (Fsp3) is 0.200. The van der Waals surface area contributed by atoms with Crippen LogP contribution in [0.15, 0.2) is 53.4 Å². The molecule has 0 aromatic heterocycles. The summed E-state index contributed by atoms with van der Waals surface area (Å²) in [6.07, 6.45) is 0. The van der Waals surface area contributed by atoms with Gasteiger partial charge < -0.3 is 4.74 Å². The zero-order chi connectivity index (χ0) is 12.8. The van der Waals surface area contributed by atoms with E-state index in [4.69, 9.17) is 16.3 Å². The normalized spacial score (nSPS) is 10.3. The number of ether oxygens (including phenoxy) is 1. The molecule has 0 amide bonds. The summed E-state index contributed by atoms with van der Waals surface area (Å²) in [5.74, 6) is 2.42. The third-order valence-corrected chi connectivity index (χ3v) is 4.03. The van der Waals surface area contributed by atoms with Crippen LogP contribution in [0, 0.1) is 0 Å². The maximum absolute atomic E-state index is 5.77. The molecule has 0 aliphatic heterocycles. The summed E-state index contributed by atoms with van der Waals surface area (Å²) < 4.78 is 5.34. The van der Waals surface area contributed by atoms with Crippen LogP contribution < -0.4 is 4.74 Å². The molecular formula is C15H15ClOS. The highest BCUT2D eigenvalue weighted by Crippen LogP contribution is 2.28. The number of benzene rings is 2. The molecule has 0 atom stereocenters. The molecule has 0 saturated heterocycles. The quantitative estimate of drug-likeness (QED) is 0.578. The Morgan fingerprint density at radius 3 is 2.44 bits per heavy atom. The molecule has 2 aromatic rings. The van der Waals surface area contributed by atoms with Crippen LogP contribution in [0.3, 0.4) is 0 Å². The molecule has 2 rings (SSSR count). The van der Waals surface area contributed by atoms with E-state index in [0.29, 0.717) is 5.88 Å². The maximum Gasteiger partial charge on any atom is 0.122 e. The number of hydrogen-bond acceptors (Lipinski definition) is 2. The van der Waals surface area contributed by atoms with Crippen LogP contribution >= 0.6 is 23.4 Å². The van der Waals surface area contributed by atoms with Gasteiger partial charge in [0.1, 0.15) is 5.75 Å². The standard InChI is InChI=1S/C15H15ClOS/c1-17-15-5-3-2-4-13(15)11-18-14-8-6-12(10-16)7-9-14/h2-9H,10-11H2,1H3. The van der Waals surface area contributed by atoms with E-state index >= 15 is 0 Å². The number of para-hydroxylation sites is 1. The summed E-state index contributed by atoms with van der Waals surface area (Å²) in [6, 6.07) is 16.5. The first-order chi connectivity index (χ1) is 8.83. The Labute approximate surface area is 117 Å². The lowest BCUT2D eigenvalue weighted by molar-refractivity contribution is 0.411. The molecule has 0 bridgehead atoms. The zero-order valence-electron chi connectivity index (χ0n) is 10.2. The Kier molecular flexibility index (Phi) is 4.97. The van der Waals surface area contributed by atoms with E-state index in [1.54, 1.807) is 18.9 Å². The summed E-state index contributed by atoms with van der Waals surface area (Å²) in [5.41, 5.74) is 2.37. The summed E-state index contributed by atoms with van der Waals surface area (Å²) in [4.78, 5) is 1.25. The predicted octanol–water partition coefficient (Wildman–Crippen LogP) is 4.73. The van der Waals surface area contributed by atoms with Crippen molar-refractivity contribution in [2.75, 3.05) is 7.11 Å². The number of alkyl halides is 1. The predicted molar refractivity (Wildman–Crippen MR) is 78.6 cm³/mol. The van der Waals surface area contributed by atoms with Crippen molar-refractivity contribution in [3.63, 3.8) is 0 Å². The number of rotatable bonds is 5. The molecule has 2 aromatic carbocycles. The molecule has 18 heavy (non-hydrogen) atoms. The van der Waals surface area contributed by atoms with E-state index in [2.05, 4.69) is 30.3 Å². The summed E-state index contributed by atoms with van der Waals surface area (Å²) in [6.45, 7) is 0. The number of thioether (sulfide) groups is 1. The first-order valence-electron chi connectivity index (χ1n) is 5.73. The van der Waals surface area contributed by atoms with Crippen LogP contribution in [0.2, 0.25) is 0 Å². The first kappa shape index (κ1) is 13.3. The van der Waals surface area contributed by atoms with Crippen molar-refractivity contribution in [3.05, 3.63) is 59.7 Å². The molecule has 94 valence electrons. The van der Waals surface area contributed by atoms with Gasteiger partial charge in [0.05, 0.1) is 7.11 Å². The van der Waals surface area contributed by atoms with Crippen LogP contribution in [0.25, 0.3) is 0 Å². The third kappa shape index (κ3) is 3.44. The van der Waals surface area contributed by atoms with Gasteiger partial charge in [0, 0.05) is 22.1 Å². The molecule has 0 saturated carbocycles. The smallest absolute Gasteiger partial charge is 0.122 e. The molecular weight excluding hydrogens is 264 g/mol. The summed E-state index contributed by atoms with van der Waals surface area (Å²) in [7, 11) is 1.71. The van der Waals surface area contributed by atoms with Gasteiger partial charge in [0.2, 0.25) is 0 Å². The van der Waals surface area contributed by atoms with E-state index < -0.39 is 0 Å². The summed E-state index contributed by atoms with van der Waals surface area (Å²) >= 11 is 7.57. The minimum Gasteiger partial charge on any atom is -0.496 e. The van der Waals surface area contributed by atoms with Gasteiger partial charge in [-0.15, -0.1) is 23.4 Å². The van der Waals surface area contributed by atoms with E-state index in [0.717, 1.165) is 17.1 Å². The highest BCUT2D eigenvalue weighted by atomic mass is 35.5. The molecule has 3 heteroatoms. The molecule has 0 aliphatic rings. The fourth-order valence-electron chi connectivity index (χ4n) is 1.66. The van der Waals surface area contributed by atoms with E-state index in [1.165, 1.54) is 10.5 Å². The van der Waals surface area contributed by atoms with Gasteiger partial charge in [-0.2, -0.15) is 0 Å². The van der Waals surface area contributed by atoms with Crippen molar-refractivity contribution in [2.45, 2.75) is 16.5 Å². The SMILES string of the molecule is COc1ccccc1CSc1ccc(CCl)cc1. The number of methoxy groups -OCH3 is 1. The van der Waals surface area contributed by atoms with E-state index in [9.17, 15) is 0 Å². The molecule has 0 spiro atoms. The Morgan fingerprint density at radius 1 is 1.06 bits per heavy atom. The second-order valence-electron chi connectivity index (χ2n) is 3.88. The maximum atomic E-state index is 5.77. The van der Waals surface area contributed by atoms with Crippen molar-refractivity contribution >= 4 is 23.4 Å². The molecule has 0 aliphatic carbocycles. The van der Waals surface area contributed by atoms with Crippen molar-refractivity contribution in [2.24, 2.45) is 0 Å². The van der Waals surface area contributed by atoms with Crippen molar-refractivity contribution in [3.8, 4) is 5.75 Å². The lowest BCUT2D eigenvalue weighted by atomic mass is 10.2. The lowest BCUT2D eigenvalue weighted by Gasteiger charge is -2.08. The van der Waals surface area contributed by atoms with Crippen LogP contribution in [0.5, 0.6) is 5.75 Å². The molecule has 1 nitrogen and oxygen atoms in total. The Hall–Kier alpha value is -1.12. The Balaban J connectivity index is 2.02. The molecule has 0 radical (unpaired) electrons. The monoisotopic (exact) mass is 278 g/mol. The average Bonchev–Trinajstić information content (AvgIpc) is 2.46. The van der Waals surface area contributed by atoms with E-state index in [-0.39, 0.29) is 0 Å². The van der Waals surface area contributed by atoms with Crippen molar-refractivity contribution < 1.29 is 4.74 Å². The number of hydrogen-bond donors (Lipinski definition) is 0. The summed E-state index contributed by atoms with van der Waals surface area (Å²) in [5, 5.41) is 0. The van der Waals surface area contributed by atoms with Crippen LogP contribution in [0.1, 0.15) is 11.1 Å². The number of halogens is 1. The third-order valence-electron chi connectivity index (χ3n) is 2.66. The minimum absolute atomic E-state index is 0.567. The van der Waals surface area contributed by atoms with E-state index in [1.807, 2.05) is 18.2 Å². The van der Waals surface area contributed by atoms with Gasteiger partial charge in [0.15, 0.2) is 0 Å². The topological polar surface area (TPSA) is 9.23 Å². The Bertz CT molecular complexity index is 496. The highest BCUT2D eigenvalue weighted by Gasteiger charge is 2.02.